The highest BCUT2D eigenvalue weighted by atomic mass is 19.1. The summed E-state index contributed by atoms with van der Waals surface area (Å²) in [4.78, 5) is 12.6. The molecule has 1 heterocycles. The van der Waals surface area contributed by atoms with Crippen molar-refractivity contribution in [2.24, 2.45) is 0 Å². The second-order valence-electron chi connectivity index (χ2n) is 3.77. The SMILES string of the molecule is CC1CCN1c1cccc(C(=O)O)c1F. The van der Waals surface area contributed by atoms with Gasteiger partial charge >= 0.3 is 5.97 Å². The molecule has 1 aromatic carbocycles. The van der Waals surface area contributed by atoms with Crippen LogP contribution in [0.15, 0.2) is 18.2 Å². The molecule has 0 aliphatic carbocycles. The van der Waals surface area contributed by atoms with Gasteiger partial charge in [0.05, 0.1) is 11.3 Å². The summed E-state index contributed by atoms with van der Waals surface area (Å²) in [5, 5.41) is 8.77. The van der Waals surface area contributed by atoms with E-state index in [1.165, 1.54) is 6.07 Å². The Morgan fingerprint density at radius 3 is 2.80 bits per heavy atom. The van der Waals surface area contributed by atoms with Crippen molar-refractivity contribution < 1.29 is 14.3 Å². The van der Waals surface area contributed by atoms with Gasteiger partial charge in [0, 0.05) is 12.6 Å². The first-order valence-electron chi connectivity index (χ1n) is 4.89. The van der Waals surface area contributed by atoms with Gasteiger partial charge in [-0.25, -0.2) is 9.18 Å². The molecule has 0 radical (unpaired) electrons. The van der Waals surface area contributed by atoms with Crippen molar-refractivity contribution in [2.45, 2.75) is 19.4 Å². The van der Waals surface area contributed by atoms with E-state index in [4.69, 9.17) is 5.11 Å². The summed E-state index contributed by atoms with van der Waals surface area (Å²) >= 11 is 0. The van der Waals surface area contributed by atoms with Crippen molar-refractivity contribution in [3.63, 3.8) is 0 Å². The zero-order valence-corrected chi connectivity index (χ0v) is 8.40. The van der Waals surface area contributed by atoms with Crippen molar-refractivity contribution in [2.75, 3.05) is 11.4 Å². The topological polar surface area (TPSA) is 40.5 Å². The maximum absolute atomic E-state index is 13.7. The highest BCUT2D eigenvalue weighted by molar-refractivity contribution is 5.89. The zero-order chi connectivity index (χ0) is 11.0. The average Bonchev–Trinajstić information content (AvgIpc) is 2.18. The van der Waals surface area contributed by atoms with Gasteiger partial charge in [-0.2, -0.15) is 0 Å². The molecule has 4 heteroatoms. The molecule has 1 aliphatic rings. The molecule has 1 aliphatic heterocycles. The van der Waals surface area contributed by atoms with Crippen LogP contribution in [0.4, 0.5) is 10.1 Å². The van der Waals surface area contributed by atoms with Gasteiger partial charge in [0.15, 0.2) is 5.82 Å². The molecule has 0 bridgehead atoms. The Labute approximate surface area is 87.1 Å². The van der Waals surface area contributed by atoms with Crippen LogP contribution in [0.2, 0.25) is 0 Å². The third-order valence-electron chi connectivity index (χ3n) is 2.84. The van der Waals surface area contributed by atoms with Gasteiger partial charge in [-0.05, 0) is 25.5 Å². The van der Waals surface area contributed by atoms with Crippen LogP contribution in [-0.2, 0) is 0 Å². The highest BCUT2D eigenvalue weighted by Crippen LogP contribution is 2.29. The van der Waals surface area contributed by atoms with Gasteiger partial charge in [-0.1, -0.05) is 6.07 Å². The normalized spacial score (nSPS) is 19.9. The van der Waals surface area contributed by atoms with E-state index in [1.54, 1.807) is 12.1 Å². The van der Waals surface area contributed by atoms with E-state index >= 15 is 0 Å². The molecule has 15 heavy (non-hydrogen) atoms. The van der Waals surface area contributed by atoms with E-state index in [1.807, 2.05) is 11.8 Å². The quantitative estimate of drug-likeness (QED) is 0.811. The Kier molecular flexibility index (Phi) is 2.34. The smallest absolute Gasteiger partial charge is 0.338 e. The van der Waals surface area contributed by atoms with E-state index in [2.05, 4.69) is 0 Å². The first-order valence-corrected chi connectivity index (χ1v) is 4.89. The molecule has 1 saturated heterocycles. The van der Waals surface area contributed by atoms with Crippen LogP contribution >= 0.6 is 0 Å². The second kappa shape index (κ2) is 3.53. The van der Waals surface area contributed by atoms with Gasteiger partial charge in [-0.3, -0.25) is 0 Å². The maximum atomic E-state index is 13.7. The second-order valence-corrected chi connectivity index (χ2v) is 3.77. The number of halogens is 1. The average molecular weight is 209 g/mol. The predicted octanol–water partition coefficient (Wildman–Crippen LogP) is 2.12. The molecule has 0 amide bonds. The van der Waals surface area contributed by atoms with Crippen molar-refractivity contribution >= 4 is 11.7 Å². The van der Waals surface area contributed by atoms with Gasteiger partial charge in [0.1, 0.15) is 0 Å². The van der Waals surface area contributed by atoms with E-state index in [0.29, 0.717) is 11.7 Å². The molecule has 1 aromatic rings. The molecule has 1 fully saturated rings. The molecule has 1 unspecified atom stereocenters. The third-order valence-corrected chi connectivity index (χ3v) is 2.84. The number of aromatic carboxylic acids is 1. The summed E-state index contributed by atoms with van der Waals surface area (Å²) in [5.74, 6) is -1.85. The summed E-state index contributed by atoms with van der Waals surface area (Å²) in [6.45, 7) is 2.79. The van der Waals surface area contributed by atoms with E-state index < -0.39 is 11.8 Å². The number of anilines is 1. The minimum atomic E-state index is -1.22. The fraction of sp³-hybridized carbons (Fsp3) is 0.364. The van der Waals surface area contributed by atoms with Crippen molar-refractivity contribution in [3.05, 3.63) is 29.6 Å². The molecule has 0 aromatic heterocycles. The predicted molar refractivity (Wildman–Crippen MR) is 54.8 cm³/mol. The van der Waals surface area contributed by atoms with Crippen molar-refractivity contribution in [1.29, 1.82) is 0 Å². The van der Waals surface area contributed by atoms with Gasteiger partial charge in [-0.15, -0.1) is 0 Å². The molecule has 1 N–H and O–H groups in total. The van der Waals surface area contributed by atoms with Crippen LogP contribution in [0.5, 0.6) is 0 Å². The van der Waals surface area contributed by atoms with Crippen LogP contribution < -0.4 is 4.90 Å². The Hall–Kier alpha value is -1.58. The van der Waals surface area contributed by atoms with E-state index in [0.717, 1.165) is 13.0 Å². The Morgan fingerprint density at radius 2 is 2.33 bits per heavy atom. The number of rotatable bonds is 2. The third kappa shape index (κ3) is 1.56. The number of benzene rings is 1. The standard InChI is InChI=1S/C11H12FNO2/c1-7-5-6-13(7)9-4-2-3-8(10(9)12)11(14)15/h2-4,7H,5-6H2,1H3,(H,14,15). The van der Waals surface area contributed by atoms with Gasteiger partial charge in [0.2, 0.25) is 0 Å². The molecule has 80 valence electrons. The highest BCUT2D eigenvalue weighted by Gasteiger charge is 2.27. The van der Waals surface area contributed by atoms with E-state index in [9.17, 15) is 9.18 Å². The largest absolute Gasteiger partial charge is 0.478 e. The fourth-order valence-corrected chi connectivity index (χ4v) is 1.78. The van der Waals surface area contributed by atoms with Crippen LogP contribution in [0.25, 0.3) is 0 Å². The number of nitrogens with zero attached hydrogens (tertiary/aromatic N) is 1. The number of carbonyl (C=O) groups is 1. The Bertz CT molecular complexity index is 406. The Morgan fingerprint density at radius 1 is 1.60 bits per heavy atom. The minimum Gasteiger partial charge on any atom is -0.478 e. The van der Waals surface area contributed by atoms with Crippen LogP contribution in [-0.4, -0.2) is 23.7 Å². The number of hydrogen-bond donors (Lipinski definition) is 1. The molecular formula is C11H12FNO2. The molecular weight excluding hydrogens is 197 g/mol. The minimum absolute atomic E-state index is 0.258. The number of hydrogen-bond acceptors (Lipinski definition) is 2. The van der Waals surface area contributed by atoms with Crippen LogP contribution in [0.1, 0.15) is 23.7 Å². The zero-order valence-electron chi connectivity index (χ0n) is 8.40. The molecule has 1 atom stereocenters. The first kappa shape index (κ1) is 9.96. The van der Waals surface area contributed by atoms with Crippen LogP contribution in [0, 0.1) is 5.82 Å². The monoisotopic (exact) mass is 209 g/mol. The number of carboxylic acid groups (broad SMARTS) is 1. The summed E-state index contributed by atoms with van der Waals surface area (Å²) in [7, 11) is 0. The van der Waals surface area contributed by atoms with Gasteiger partial charge in [0.25, 0.3) is 0 Å². The van der Waals surface area contributed by atoms with Gasteiger partial charge < -0.3 is 10.0 Å². The maximum Gasteiger partial charge on any atom is 0.338 e. The molecule has 2 rings (SSSR count). The lowest BCUT2D eigenvalue weighted by atomic mass is 10.0. The Balaban J connectivity index is 2.40. The summed E-state index contributed by atoms with van der Waals surface area (Å²) in [6, 6.07) is 4.78. The van der Waals surface area contributed by atoms with E-state index in [-0.39, 0.29) is 5.56 Å². The molecule has 0 saturated carbocycles. The number of carboxylic acids is 1. The van der Waals surface area contributed by atoms with Crippen molar-refractivity contribution in [1.82, 2.24) is 0 Å². The van der Waals surface area contributed by atoms with Crippen LogP contribution in [0.3, 0.4) is 0 Å². The first-order chi connectivity index (χ1) is 7.11. The lowest BCUT2D eigenvalue weighted by Gasteiger charge is -2.41. The fourth-order valence-electron chi connectivity index (χ4n) is 1.78. The molecule has 3 nitrogen and oxygen atoms in total. The summed E-state index contributed by atoms with van der Waals surface area (Å²) < 4.78 is 13.7. The lowest BCUT2D eigenvalue weighted by molar-refractivity contribution is 0.0692. The van der Waals surface area contributed by atoms with Crippen molar-refractivity contribution in [3.8, 4) is 0 Å². The summed E-state index contributed by atoms with van der Waals surface area (Å²) in [6.07, 6.45) is 1.02. The lowest BCUT2D eigenvalue weighted by Crippen LogP contribution is -2.46. The molecule has 0 spiro atoms. The summed E-state index contributed by atoms with van der Waals surface area (Å²) in [5.41, 5.74) is 0.139.